The summed E-state index contributed by atoms with van der Waals surface area (Å²) in [6.07, 6.45) is 1.66. The van der Waals surface area contributed by atoms with Crippen molar-refractivity contribution in [1.29, 1.82) is 0 Å². The second kappa shape index (κ2) is 14.1. The highest BCUT2D eigenvalue weighted by Crippen LogP contribution is 2.38. The molecule has 242 valence electrons. The van der Waals surface area contributed by atoms with Crippen LogP contribution in [0.5, 0.6) is 0 Å². The maximum Gasteiger partial charge on any atom is 0.490 e. The first kappa shape index (κ1) is 34.0. The molecule has 0 atom stereocenters. The first-order valence-corrected chi connectivity index (χ1v) is 16.4. The second-order valence-electron chi connectivity index (χ2n) is 10.6. The van der Waals surface area contributed by atoms with Crippen LogP contribution in [0.3, 0.4) is 0 Å². The van der Waals surface area contributed by atoms with E-state index < -0.39 is 28.1 Å². The molecule has 45 heavy (non-hydrogen) atoms. The van der Waals surface area contributed by atoms with Gasteiger partial charge in [-0.15, -0.1) is 11.3 Å². The summed E-state index contributed by atoms with van der Waals surface area (Å²) in [6.45, 7) is 4.19. The first-order chi connectivity index (χ1) is 21.2. The van der Waals surface area contributed by atoms with E-state index >= 15 is 0 Å². The average molecular weight is 667 g/mol. The molecule has 1 aromatic carbocycles. The molecule has 4 N–H and O–H groups in total. The third-order valence-electron chi connectivity index (χ3n) is 7.47. The van der Waals surface area contributed by atoms with Gasteiger partial charge < -0.3 is 15.8 Å². The van der Waals surface area contributed by atoms with E-state index in [1.165, 1.54) is 4.88 Å². The highest BCUT2D eigenvalue weighted by atomic mass is 32.2. The maximum atomic E-state index is 12.4. The van der Waals surface area contributed by atoms with E-state index in [0.29, 0.717) is 18.7 Å². The number of nitrogens with zero attached hydrogens (tertiary/aromatic N) is 4. The summed E-state index contributed by atoms with van der Waals surface area (Å²) >= 11 is 1.68. The normalized spacial score (nSPS) is 14.8. The highest BCUT2D eigenvalue weighted by Gasteiger charge is 2.38. The van der Waals surface area contributed by atoms with Crippen LogP contribution in [0.25, 0.3) is 22.0 Å². The summed E-state index contributed by atoms with van der Waals surface area (Å²) in [5.41, 5.74) is 11.1. The Bertz CT molecular complexity index is 1750. The number of piperidine rings is 1. The summed E-state index contributed by atoms with van der Waals surface area (Å²) in [4.78, 5) is 36.3. The number of aromatic amines is 1. The van der Waals surface area contributed by atoms with Crippen molar-refractivity contribution in [3.05, 3.63) is 70.1 Å². The average Bonchev–Trinajstić information content (AvgIpc) is 3.64. The minimum Gasteiger partial charge on any atom is -0.475 e. The molecule has 0 bridgehead atoms. The molecule has 0 radical (unpaired) electrons. The quantitative estimate of drug-likeness (QED) is 0.234. The Kier molecular flexibility index (Phi) is 10.6. The Hall–Kier alpha value is -3.86. The van der Waals surface area contributed by atoms with E-state index in [-0.39, 0.29) is 11.7 Å². The summed E-state index contributed by atoms with van der Waals surface area (Å²) in [5, 5.41) is 10.2. The summed E-state index contributed by atoms with van der Waals surface area (Å²) < 4.78 is 57.9. The molecule has 16 heteroatoms. The number of alkyl halides is 3. The molecule has 1 aliphatic heterocycles. The number of carbonyl (C=O) groups is 2. The standard InChI is InChI=1S/C27H32N6O3S2.C2HF3O2/c1-3-38(35,36)33-8-5-18(6-9-33)25-13-30-26-23(25)11-19(12-24(26)27(28)34)20-10-22(37-16-20)15-32(2)14-21-4-7-29-17-31-21;3-2(4,5)1(6)7/h4,7,10-13,16-18,30H,3,5-6,8-9,14-15H2,1-2H3,(H2,28,34);(H,6,7). The molecule has 1 fully saturated rings. The van der Waals surface area contributed by atoms with Crippen LogP contribution < -0.4 is 5.73 Å². The lowest BCUT2D eigenvalue weighted by atomic mass is 9.88. The van der Waals surface area contributed by atoms with E-state index in [9.17, 15) is 26.4 Å². The number of carboxylic acid groups (broad SMARTS) is 1. The molecule has 0 unspecified atom stereocenters. The summed E-state index contributed by atoms with van der Waals surface area (Å²) in [5.74, 6) is -2.91. The lowest BCUT2D eigenvalue weighted by Crippen LogP contribution is -2.38. The largest absolute Gasteiger partial charge is 0.490 e. The topological polar surface area (TPSA) is 163 Å². The highest BCUT2D eigenvalue weighted by molar-refractivity contribution is 7.89. The number of benzene rings is 1. The van der Waals surface area contributed by atoms with Crippen molar-refractivity contribution in [3.63, 3.8) is 0 Å². The van der Waals surface area contributed by atoms with E-state index in [1.807, 2.05) is 18.3 Å². The minimum atomic E-state index is -5.08. The van der Waals surface area contributed by atoms with Gasteiger partial charge in [0.15, 0.2) is 0 Å². The van der Waals surface area contributed by atoms with Crippen LogP contribution in [-0.2, 0) is 27.9 Å². The van der Waals surface area contributed by atoms with Crippen LogP contribution in [0, 0.1) is 0 Å². The third-order valence-corrected chi connectivity index (χ3v) is 10.3. The van der Waals surface area contributed by atoms with Crippen LogP contribution in [0.15, 0.2) is 48.4 Å². The zero-order chi connectivity index (χ0) is 32.9. The Morgan fingerprint density at radius 2 is 1.87 bits per heavy atom. The number of thiophene rings is 1. The Labute approximate surface area is 261 Å². The number of amides is 1. The fraction of sp³-hybridized carbons (Fsp3) is 0.379. The second-order valence-corrected chi connectivity index (χ2v) is 13.9. The van der Waals surface area contributed by atoms with Crippen molar-refractivity contribution >= 4 is 44.1 Å². The molecule has 1 aliphatic rings. The van der Waals surface area contributed by atoms with Gasteiger partial charge in [0.2, 0.25) is 10.0 Å². The number of hydrogen-bond donors (Lipinski definition) is 3. The molecule has 1 saturated heterocycles. The first-order valence-electron chi connectivity index (χ1n) is 13.9. The van der Waals surface area contributed by atoms with Crippen LogP contribution in [0.2, 0.25) is 0 Å². The van der Waals surface area contributed by atoms with Gasteiger partial charge in [0.05, 0.1) is 22.5 Å². The van der Waals surface area contributed by atoms with Crippen molar-refractivity contribution in [2.75, 3.05) is 25.9 Å². The lowest BCUT2D eigenvalue weighted by molar-refractivity contribution is -0.192. The number of rotatable bonds is 9. The zero-order valence-corrected chi connectivity index (χ0v) is 26.2. The fourth-order valence-electron chi connectivity index (χ4n) is 5.20. The van der Waals surface area contributed by atoms with Crippen molar-refractivity contribution in [3.8, 4) is 11.1 Å². The number of nitrogens with two attached hydrogens (primary N) is 1. The van der Waals surface area contributed by atoms with Gasteiger partial charge in [-0.1, -0.05) is 0 Å². The van der Waals surface area contributed by atoms with Gasteiger partial charge in [-0.25, -0.2) is 27.5 Å². The minimum absolute atomic E-state index is 0.120. The van der Waals surface area contributed by atoms with Gasteiger partial charge in [-0.3, -0.25) is 9.69 Å². The molecule has 4 heterocycles. The number of sulfonamides is 1. The molecule has 3 aromatic heterocycles. The Morgan fingerprint density at radius 3 is 2.44 bits per heavy atom. The number of aliphatic carboxylic acids is 1. The molecular formula is C29H33F3N6O5S2. The van der Waals surface area contributed by atoms with E-state index in [1.54, 1.807) is 35.1 Å². The maximum absolute atomic E-state index is 12.4. The van der Waals surface area contributed by atoms with Crippen molar-refractivity contribution < 1.29 is 36.3 Å². The van der Waals surface area contributed by atoms with Gasteiger partial charge >= 0.3 is 12.1 Å². The number of carboxylic acids is 1. The zero-order valence-electron chi connectivity index (χ0n) is 24.5. The molecule has 4 aromatic rings. The number of fused-ring (bicyclic) bond motifs is 1. The monoisotopic (exact) mass is 666 g/mol. The molecular weight excluding hydrogens is 633 g/mol. The predicted octanol–water partition coefficient (Wildman–Crippen LogP) is 4.58. The molecule has 5 rings (SSSR count). The van der Waals surface area contributed by atoms with Gasteiger partial charge in [-0.2, -0.15) is 13.2 Å². The van der Waals surface area contributed by atoms with Crippen LogP contribution in [0.4, 0.5) is 13.2 Å². The number of H-pyrrole nitrogens is 1. The molecule has 0 aliphatic carbocycles. The van der Waals surface area contributed by atoms with Gasteiger partial charge in [-0.05, 0) is 79.1 Å². The van der Waals surface area contributed by atoms with E-state index in [0.717, 1.165) is 59.2 Å². The number of aromatic nitrogens is 3. The summed E-state index contributed by atoms with van der Waals surface area (Å²) in [6, 6.07) is 8.06. The van der Waals surface area contributed by atoms with Gasteiger partial charge in [0.25, 0.3) is 5.91 Å². The molecule has 0 spiro atoms. The summed E-state index contributed by atoms with van der Waals surface area (Å²) in [7, 11) is -1.13. The number of halogens is 3. The Morgan fingerprint density at radius 1 is 1.18 bits per heavy atom. The SMILES string of the molecule is CCS(=O)(=O)N1CCC(c2c[nH]c3c(C(N)=O)cc(-c4csc(CN(C)Cc5ccncn5)c4)cc23)CC1.O=C(O)C(F)(F)F. The van der Waals surface area contributed by atoms with Crippen molar-refractivity contribution in [1.82, 2.24) is 24.2 Å². The van der Waals surface area contributed by atoms with Crippen LogP contribution >= 0.6 is 11.3 Å². The number of primary amides is 1. The predicted molar refractivity (Wildman–Crippen MR) is 164 cm³/mol. The van der Waals surface area contributed by atoms with Crippen LogP contribution in [-0.4, -0.2) is 81.6 Å². The van der Waals surface area contributed by atoms with E-state index in [4.69, 9.17) is 15.6 Å². The van der Waals surface area contributed by atoms with E-state index in [2.05, 4.69) is 44.4 Å². The van der Waals surface area contributed by atoms with Crippen molar-refractivity contribution in [2.24, 2.45) is 5.73 Å². The molecule has 0 saturated carbocycles. The lowest BCUT2D eigenvalue weighted by Gasteiger charge is -2.31. The van der Waals surface area contributed by atoms with Gasteiger partial charge in [0.1, 0.15) is 6.33 Å². The van der Waals surface area contributed by atoms with Gasteiger partial charge in [0, 0.05) is 48.8 Å². The smallest absolute Gasteiger partial charge is 0.475 e. The van der Waals surface area contributed by atoms with Crippen molar-refractivity contribution in [2.45, 2.75) is 44.9 Å². The third kappa shape index (κ3) is 8.45. The van der Waals surface area contributed by atoms with Crippen LogP contribution in [0.1, 0.15) is 52.2 Å². The fourth-order valence-corrected chi connectivity index (χ4v) is 7.31. The molecule has 11 nitrogen and oxygen atoms in total. The number of hydrogen-bond acceptors (Lipinski definition) is 8. The molecule has 1 amide bonds. The number of carbonyl (C=O) groups excluding carboxylic acids is 1. The Balaban J connectivity index is 0.000000591. The number of nitrogens with one attached hydrogen (secondary N) is 1.